The molecule has 0 amide bonds. The van der Waals surface area contributed by atoms with Gasteiger partial charge in [-0.05, 0) is 66.2 Å². The summed E-state index contributed by atoms with van der Waals surface area (Å²) < 4.78 is 25.9. The largest absolute Gasteiger partial charge is 0.493 e. The van der Waals surface area contributed by atoms with Gasteiger partial charge in [0.05, 0.1) is 26.3 Å². The smallest absolute Gasteiger partial charge is 0.253 e. The van der Waals surface area contributed by atoms with E-state index < -0.39 is 6.04 Å². The Morgan fingerprint density at radius 3 is 2.47 bits per heavy atom. The van der Waals surface area contributed by atoms with Crippen LogP contribution in [0.5, 0.6) is 11.5 Å². The fraction of sp³-hybridized carbons (Fsp3) is 0.333. The molecule has 1 N–H and O–H groups in total. The molecule has 4 aromatic rings. The van der Waals surface area contributed by atoms with Crippen molar-refractivity contribution < 1.29 is 13.9 Å². The molecule has 0 radical (unpaired) electrons. The van der Waals surface area contributed by atoms with E-state index in [2.05, 4.69) is 25.4 Å². The number of hydrogen-bond donors (Lipinski definition) is 1. The van der Waals surface area contributed by atoms with Crippen LogP contribution in [0.25, 0.3) is 10.9 Å². The first-order valence-electron chi connectivity index (χ1n) is 11.1. The van der Waals surface area contributed by atoms with Crippen molar-refractivity contribution in [3.63, 3.8) is 0 Å². The van der Waals surface area contributed by atoms with E-state index in [9.17, 15) is 9.18 Å². The quantitative estimate of drug-likeness (QED) is 0.449. The minimum atomic E-state index is -0.431. The summed E-state index contributed by atoms with van der Waals surface area (Å²) in [7, 11) is 3.13. The Hall–Kier alpha value is -3.79. The van der Waals surface area contributed by atoms with Gasteiger partial charge in [-0.2, -0.15) is 0 Å². The predicted octanol–water partition coefficient (Wildman–Crippen LogP) is 2.90. The lowest BCUT2D eigenvalue weighted by atomic mass is 10.0. The SMILES string of the molecule is COc1cc2cc([C@H](c3nnnn3Cc3ccc(F)cc3)N3CCCC3)c(=O)[nH]c2cc1OC. The number of methoxy groups -OCH3 is 2. The number of aromatic amines is 1. The standard InChI is InChI=1S/C24H25FN6O3/c1-33-20-12-16-11-18(24(32)26-19(16)13-21(20)34-2)22(30-9-3-4-10-30)23-27-28-29-31(23)14-15-5-7-17(25)8-6-15/h5-8,11-13,22H,3-4,9-10,14H2,1-2H3,(H,26,32)/t22-/m1/s1. The summed E-state index contributed by atoms with van der Waals surface area (Å²) >= 11 is 0. The summed E-state index contributed by atoms with van der Waals surface area (Å²) in [4.78, 5) is 18.5. The number of hydrogen-bond acceptors (Lipinski definition) is 7. The number of H-pyrrole nitrogens is 1. The van der Waals surface area contributed by atoms with Crippen LogP contribution >= 0.6 is 0 Å². The lowest BCUT2D eigenvalue weighted by molar-refractivity contribution is 0.263. The molecule has 0 aliphatic carbocycles. The van der Waals surface area contributed by atoms with Crippen molar-refractivity contribution in [3.05, 3.63) is 75.6 Å². The highest BCUT2D eigenvalue weighted by Crippen LogP contribution is 2.34. The van der Waals surface area contributed by atoms with E-state index >= 15 is 0 Å². The number of benzene rings is 2. The van der Waals surface area contributed by atoms with Gasteiger partial charge in [-0.1, -0.05) is 12.1 Å². The highest BCUT2D eigenvalue weighted by atomic mass is 19.1. The van der Waals surface area contributed by atoms with Gasteiger partial charge in [-0.25, -0.2) is 9.07 Å². The zero-order valence-electron chi connectivity index (χ0n) is 19.0. The van der Waals surface area contributed by atoms with Gasteiger partial charge in [0.15, 0.2) is 17.3 Å². The molecule has 0 saturated carbocycles. The Morgan fingerprint density at radius 2 is 1.76 bits per heavy atom. The van der Waals surface area contributed by atoms with Crippen LogP contribution in [0.2, 0.25) is 0 Å². The number of likely N-dealkylation sites (tertiary alicyclic amines) is 1. The summed E-state index contributed by atoms with van der Waals surface area (Å²) in [6.07, 6.45) is 2.07. The van der Waals surface area contributed by atoms with Crippen LogP contribution in [0.15, 0.2) is 47.3 Å². The lowest BCUT2D eigenvalue weighted by Gasteiger charge is -2.26. The molecular formula is C24H25FN6O3. The van der Waals surface area contributed by atoms with Crippen molar-refractivity contribution in [1.82, 2.24) is 30.1 Å². The van der Waals surface area contributed by atoms with Crippen LogP contribution in [0, 0.1) is 5.82 Å². The number of pyridine rings is 1. The maximum atomic E-state index is 13.4. The highest BCUT2D eigenvalue weighted by molar-refractivity contribution is 5.83. The molecule has 34 heavy (non-hydrogen) atoms. The van der Waals surface area contributed by atoms with E-state index in [1.807, 2.05) is 12.1 Å². The average Bonchev–Trinajstić information content (AvgIpc) is 3.53. The number of ether oxygens (including phenoxy) is 2. The lowest BCUT2D eigenvalue weighted by Crippen LogP contribution is -2.33. The summed E-state index contributed by atoms with van der Waals surface area (Å²) in [5.41, 5.74) is 1.85. The minimum Gasteiger partial charge on any atom is -0.493 e. The molecule has 2 aromatic heterocycles. The van der Waals surface area contributed by atoms with Crippen LogP contribution < -0.4 is 15.0 Å². The molecule has 5 rings (SSSR count). The van der Waals surface area contributed by atoms with Gasteiger partial charge >= 0.3 is 0 Å². The van der Waals surface area contributed by atoms with Crippen LogP contribution in [0.3, 0.4) is 0 Å². The summed E-state index contributed by atoms with van der Waals surface area (Å²) in [5, 5.41) is 13.2. The van der Waals surface area contributed by atoms with Crippen molar-refractivity contribution in [3.8, 4) is 11.5 Å². The summed E-state index contributed by atoms with van der Waals surface area (Å²) in [6, 6.07) is 11.3. The Morgan fingerprint density at radius 1 is 1.06 bits per heavy atom. The van der Waals surface area contributed by atoms with Gasteiger partial charge in [0.25, 0.3) is 5.56 Å². The molecule has 1 fully saturated rings. The minimum absolute atomic E-state index is 0.215. The molecule has 0 spiro atoms. The molecule has 176 valence electrons. The Kier molecular flexibility index (Phi) is 5.97. The van der Waals surface area contributed by atoms with Crippen molar-refractivity contribution in [2.75, 3.05) is 27.3 Å². The molecule has 0 bridgehead atoms. The molecule has 10 heteroatoms. The van der Waals surface area contributed by atoms with E-state index in [0.717, 1.165) is 36.9 Å². The van der Waals surface area contributed by atoms with Gasteiger partial charge in [0.2, 0.25) is 0 Å². The first-order valence-corrected chi connectivity index (χ1v) is 11.1. The van der Waals surface area contributed by atoms with E-state index in [0.29, 0.717) is 34.9 Å². The highest BCUT2D eigenvalue weighted by Gasteiger charge is 2.32. The predicted molar refractivity (Wildman–Crippen MR) is 124 cm³/mol. The average molecular weight is 465 g/mol. The number of fused-ring (bicyclic) bond motifs is 1. The molecule has 1 saturated heterocycles. The second-order valence-corrected chi connectivity index (χ2v) is 8.32. The number of tetrazole rings is 1. The fourth-order valence-electron chi connectivity index (χ4n) is 4.53. The maximum absolute atomic E-state index is 13.4. The number of halogens is 1. The van der Waals surface area contributed by atoms with E-state index in [-0.39, 0.29) is 11.4 Å². The van der Waals surface area contributed by atoms with Crippen molar-refractivity contribution in [2.45, 2.75) is 25.4 Å². The van der Waals surface area contributed by atoms with E-state index in [1.165, 1.54) is 12.1 Å². The first kappa shape index (κ1) is 22.0. The third-order valence-corrected chi connectivity index (χ3v) is 6.23. The third-order valence-electron chi connectivity index (χ3n) is 6.23. The van der Waals surface area contributed by atoms with E-state index in [1.54, 1.807) is 37.1 Å². The topological polar surface area (TPSA) is 98.2 Å². The zero-order valence-corrected chi connectivity index (χ0v) is 19.0. The van der Waals surface area contributed by atoms with Gasteiger partial charge in [0.1, 0.15) is 11.9 Å². The number of rotatable bonds is 7. The van der Waals surface area contributed by atoms with E-state index in [4.69, 9.17) is 9.47 Å². The molecule has 1 aliphatic rings. The molecule has 3 heterocycles. The Bertz CT molecular complexity index is 1360. The van der Waals surface area contributed by atoms with Gasteiger partial charge in [-0.15, -0.1) is 5.10 Å². The van der Waals surface area contributed by atoms with Gasteiger partial charge in [0, 0.05) is 17.0 Å². The van der Waals surface area contributed by atoms with Gasteiger partial charge in [-0.3, -0.25) is 9.69 Å². The van der Waals surface area contributed by atoms with Crippen molar-refractivity contribution >= 4 is 10.9 Å². The van der Waals surface area contributed by atoms with Crippen molar-refractivity contribution in [1.29, 1.82) is 0 Å². The first-order chi connectivity index (χ1) is 16.6. The Balaban J connectivity index is 1.61. The number of aromatic nitrogens is 5. The second-order valence-electron chi connectivity index (χ2n) is 8.32. The zero-order chi connectivity index (χ0) is 23.7. The third kappa shape index (κ3) is 4.12. The van der Waals surface area contributed by atoms with Crippen molar-refractivity contribution in [2.24, 2.45) is 0 Å². The molecule has 1 aliphatic heterocycles. The molecule has 1 atom stereocenters. The molecule has 0 unspecified atom stereocenters. The fourth-order valence-corrected chi connectivity index (χ4v) is 4.53. The number of nitrogens with zero attached hydrogens (tertiary/aromatic N) is 5. The molecule has 9 nitrogen and oxygen atoms in total. The normalized spacial score (nSPS) is 15.0. The molecule has 2 aromatic carbocycles. The van der Waals surface area contributed by atoms with Crippen LogP contribution in [-0.4, -0.2) is 57.4 Å². The maximum Gasteiger partial charge on any atom is 0.253 e. The van der Waals surface area contributed by atoms with Crippen LogP contribution in [-0.2, 0) is 6.54 Å². The molecular weight excluding hydrogens is 439 g/mol. The summed E-state index contributed by atoms with van der Waals surface area (Å²) in [5.74, 6) is 1.38. The van der Waals surface area contributed by atoms with Gasteiger partial charge < -0.3 is 14.5 Å². The number of nitrogens with one attached hydrogen (secondary N) is 1. The van der Waals surface area contributed by atoms with Crippen LogP contribution in [0.4, 0.5) is 4.39 Å². The van der Waals surface area contributed by atoms with Crippen LogP contribution in [0.1, 0.15) is 35.8 Å². The summed E-state index contributed by atoms with van der Waals surface area (Å²) in [6.45, 7) is 2.03. The second kappa shape index (κ2) is 9.22. The Labute approximate surface area is 195 Å². The monoisotopic (exact) mass is 464 g/mol.